The van der Waals surface area contributed by atoms with Crippen molar-refractivity contribution >= 4 is 17.3 Å². The van der Waals surface area contributed by atoms with Crippen LogP contribution in [0.25, 0.3) is 0 Å². The van der Waals surface area contributed by atoms with Gasteiger partial charge in [0.15, 0.2) is 0 Å². The van der Waals surface area contributed by atoms with Crippen molar-refractivity contribution in [1.29, 1.82) is 0 Å². The van der Waals surface area contributed by atoms with E-state index in [4.69, 9.17) is 0 Å². The Bertz CT molecular complexity index is 591. The van der Waals surface area contributed by atoms with Gasteiger partial charge in [-0.05, 0) is 26.8 Å². The lowest BCUT2D eigenvalue weighted by molar-refractivity contribution is 0.102. The summed E-state index contributed by atoms with van der Waals surface area (Å²) in [6.45, 7) is 6.79. The van der Waals surface area contributed by atoms with Crippen LogP contribution in [0.15, 0.2) is 30.9 Å². The molecule has 2 aromatic heterocycles. The molecule has 106 valence electrons. The number of hydrogen-bond donors (Lipinski definition) is 2. The summed E-state index contributed by atoms with van der Waals surface area (Å²) in [7, 11) is 0. The van der Waals surface area contributed by atoms with E-state index in [1.807, 2.05) is 27.0 Å². The number of aromatic nitrogens is 3. The fourth-order valence-electron chi connectivity index (χ4n) is 1.80. The molecule has 0 spiro atoms. The van der Waals surface area contributed by atoms with Crippen LogP contribution in [0.3, 0.4) is 0 Å². The van der Waals surface area contributed by atoms with Gasteiger partial charge in [0.25, 0.3) is 5.91 Å². The highest BCUT2D eigenvalue weighted by atomic mass is 16.1. The van der Waals surface area contributed by atoms with Gasteiger partial charge in [-0.3, -0.25) is 14.5 Å². The molecule has 0 aliphatic heterocycles. The van der Waals surface area contributed by atoms with Gasteiger partial charge in [0.1, 0.15) is 0 Å². The molecule has 0 fully saturated rings. The number of rotatable bonds is 5. The third kappa shape index (κ3) is 3.14. The second kappa shape index (κ2) is 6.18. The number of amides is 1. The maximum atomic E-state index is 12.3. The maximum Gasteiger partial charge on any atom is 0.259 e. The van der Waals surface area contributed by atoms with E-state index in [2.05, 4.69) is 20.7 Å². The van der Waals surface area contributed by atoms with Crippen molar-refractivity contribution in [1.82, 2.24) is 14.8 Å². The molecule has 6 heteroatoms. The molecule has 0 aliphatic rings. The number of nitrogens with zero attached hydrogens (tertiary/aromatic N) is 3. The average Bonchev–Trinajstić information content (AvgIpc) is 2.88. The monoisotopic (exact) mass is 273 g/mol. The topological polar surface area (TPSA) is 71.8 Å². The van der Waals surface area contributed by atoms with Crippen LogP contribution in [0, 0.1) is 0 Å². The van der Waals surface area contributed by atoms with Crippen LogP contribution in [0.2, 0.25) is 0 Å². The summed E-state index contributed by atoms with van der Waals surface area (Å²) in [5.74, 6) is -0.197. The van der Waals surface area contributed by atoms with Gasteiger partial charge in [0, 0.05) is 31.2 Å². The molecule has 0 unspecified atom stereocenters. The van der Waals surface area contributed by atoms with Crippen LogP contribution >= 0.6 is 0 Å². The average molecular weight is 273 g/mol. The first-order chi connectivity index (χ1) is 9.61. The molecule has 0 aliphatic carbocycles. The lowest BCUT2D eigenvalue weighted by atomic mass is 10.2. The van der Waals surface area contributed by atoms with E-state index < -0.39 is 0 Å². The van der Waals surface area contributed by atoms with Crippen LogP contribution in [-0.2, 0) is 0 Å². The van der Waals surface area contributed by atoms with Gasteiger partial charge >= 0.3 is 0 Å². The van der Waals surface area contributed by atoms with E-state index in [0.717, 1.165) is 12.2 Å². The molecular weight excluding hydrogens is 254 g/mol. The lowest BCUT2D eigenvalue weighted by Gasteiger charge is -2.09. The Morgan fingerprint density at radius 1 is 1.40 bits per heavy atom. The van der Waals surface area contributed by atoms with E-state index in [9.17, 15) is 4.79 Å². The summed E-state index contributed by atoms with van der Waals surface area (Å²) in [6.07, 6.45) is 6.67. The number of hydrogen-bond acceptors (Lipinski definition) is 4. The minimum absolute atomic E-state index is 0.197. The van der Waals surface area contributed by atoms with Crippen molar-refractivity contribution in [3.05, 3.63) is 36.4 Å². The Balaban J connectivity index is 2.15. The van der Waals surface area contributed by atoms with Gasteiger partial charge in [0.2, 0.25) is 0 Å². The highest BCUT2D eigenvalue weighted by Gasteiger charge is 2.12. The smallest absolute Gasteiger partial charge is 0.259 e. The highest BCUT2D eigenvalue weighted by Crippen LogP contribution is 2.16. The predicted octanol–water partition coefficient (Wildman–Crippen LogP) is 2.54. The summed E-state index contributed by atoms with van der Waals surface area (Å²) < 4.78 is 1.80. The Kier molecular flexibility index (Phi) is 4.34. The van der Waals surface area contributed by atoms with Crippen LogP contribution in [0.1, 0.15) is 37.2 Å². The molecule has 0 bridgehead atoms. The third-order valence-electron chi connectivity index (χ3n) is 2.82. The van der Waals surface area contributed by atoms with Crippen molar-refractivity contribution < 1.29 is 4.79 Å². The number of carbonyl (C=O) groups excluding carboxylic acids is 1. The number of pyridine rings is 1. The third-order valence-corrected chi connectivity index (χ3v) is 2.82. The minimum atomic E-state index is -0.197. The van der Waals surface area contributed by atoms with Gasteiger partial charge < -0.3 is 10.6 Å². The SMILES string of the molecule is CCNc1ccncc1C(=O)Nc1cnn(C(C)C)c1. The number of carbonyl (C=O) groups is 1. The molecule has 2 heterocycles. The molecule has 0 radical (unpaired) electrons. The number of nitrogens with one attached hydrogen (secondary N) is 2. The van der Waals surface area contributed by atoms with Crippen LogP contribution in [0.4, 0.5) is 11.4 Å². The fourth-order valence-corrected chi connectivity index (χ4v) is 1.80. The van der Waals surface area contributed by atoms with Gasteiger partial charge in [-0.25, -0.2) is 0 Å². The first kappa shape index (κ1) is 14.0. The first-order valence-corrected chi connectivity index (χ1v) is 6.65. The van der Waals surface area contributed by atoms with Gasteiger partial charge in [-0.2, -0.15) is 5.10 Å². The fraction of sp³-hybridized carbons (Fsp3) is 0.357. The standard InChI is InChI=1S/C14H19N5O/c1-4-16-13-5-6-15-8-12(13)14(20)18-11-7-17-19(9-11)10(2)3/h5-10H,4H2,1-3H3,(H,15,16)(H,18,20). The zero-order valence-electron chi connectivity index (χ0n) is 11.9. The van der Waals surface area contributed by atoms with E-state index in [0.29, 0.717) is 11.3 Å². The summed E-state index contributed by atoms with van der Waals surface area (Å²) in [5, 5.41) is 10.2. The van der Waals surface area contributed by atoms with Crippen LogP contribution in [0.5, 0.6) is 0 Å². The zero-order chi connectivity index (χ0) is 14.5. The largest absolute Gasteiger partial charge is 0.385 e. The number of anilines is 2. The van der Waals surface area contributed by atoms with E-state index in [-0.39, 0.29) is 11.9 Å². The summed E-state index contributed by atoms with van der Waals surface area (Å²) in [4.78, 5) is 16.3. The van der Waals surface area contributed by atoms with E-state index in [1.54, 1.807) is 29.3 Å². The molecule has 0 atom stereocenters. The molecule has 2 aromatic rings. The molecule has 1 amide bonds. The molecule has 6 nitrogen and oxygen atoms in total. The molecule has 0 saturated heterocycles. The molecule has 0 aromatic carbocycles. The normalized spacial score (nSPS) is 10.6. The second-order valence-corrected chi connectivity index (χ2v) is 4.71. The van der Waals surface area contributed by atoms with Gasteiger partial charge in [0.05, 0.1) is 23.1 Å². The van der Waals surface area contributed by atoms with Crippen molar-refractivity contribution in [2.75, 3.05) is 17.2 Å². The Labute approximate surface area is 118 Å². The molecular formula is C14H19N5O. The van der Waals surface area contributed by atoms with E-state index in [1.165, 1.54) is 0 Å². The Hall–Kier alpha value is -2.37. The quantitative estimate of drug-likeness (QED) is 0.878. The second-order valence-electron chi connectivity index (χ2n) is 4.71. The highest BCUT2D eigenvalue weighted by molar-refractivity contribution is 6.07. The molecule has 2 rings (SSSR count). The van der Waals surface area contributed by atoms with Crippen molar-refractivity contribution in [2.45, 2.75) is 26.8 Å². The first-order valence-electron chi connectivity index (χ1n) is 6.65. The van der Waals surface area contributed by atoms with Gasteiger partial charge in [-0.15, -0.1) is 0 Å². The maximum absolute atomic E-state index is 12.3. The predicted molar refractivity (Wildman–Crippen MR) is 79.0 cm³/mol. The summed E-state index contributed by atoms with van der Waals surface area (Å²) >= 11 is 0. The van der Waals surface area contributed by atoms with E-state index >= 15 is 0 Å². The zero-order valence-corrected chi connectivity index (χ0v) is 11.9. The van der Waals surface area contributed by atoms with Crippen LogP contribution in [-0.4, -0.2) is 27.2 Å². The molecule has 2 N–H and O–H groups in total. The van der Waals surface area contributed by atoms with Crippen molar-refractivity contribution in [3.8, 4) is 0 Å². The summed E-state index contributed by atoms with van der Waals surface area (Å²) in [6, 6.07) is 2.05. The van der Waals surface area contributed by atoms with Crippen LogP contribution < -0.4 is 10.6 Å². The summed E-state index contributed by atoms with van der Waals surface area (Å²) in [5.41, 5.74) is 1.97. The Morgan fingerprint density at radius 2 is 2.20 bits per heavy atom. The Morgan fingerprint density at radius 3 is 2.85 bits per heavy atom. The molecule has 0 saturated carbocycles. The lowest BCUT2D eigenvalue weighted by Crippen LogP contribution is -2.15. The molecule has 20 heavy (non-hydrogen) atoms. The minimum Gasteiger partial charge on any atom is -0.385 e. The van der Waals surface area contributed by atoms with Crippen molar-refractivity contribution in [2.24, 2.45) is 0 Å². The van der Waals surface area contributed by atoms with Gasteiger partial charge in [-0.1, -0.05) is 0 Å². The van der Waals surface area contributed by atoms with Crippen molar-refractivity contribution in [3.63, 3.8) is 0 Å².